The first-order chi connectivity index (χ1) is 11.2. The molecular weight excluding hydrogens is 294 g/mol. The van der Waals surface area contributed by atoms with Crippen LogP contribution in [0.1, 0.15) is 19.3 Å². The number of nitrogens with one attached hydrogen (secondary N) is 2. The Morgan fingerprint density at radius 1 is 1.26 bits per heavy atom. The van der Waals surface area contributed by atoms with Gasteiger partial charge in [-0.05, 0) is 12.1 Å². The van der Waals surface area contributed by atoms with E-state index in [2.05, 4.69) is 5.32 Å². The molecule has 0 aliphatic carbocycles. The molecule has 2 N–H and O–H groups in total. The molecule has 2 aliphatic heterocycles. The zero-order chi connectivity index (χ0) is 16.1. The first kappa shape index (κ1) is 15.8. The predicted octanol–water partition coefficient (Wildman–Crippen LogP) is -0.403. The van der Waals surface area contributed by atoms with Gasteiger partial charge in [0.1, 0.15) is 5.75 Å². The molecule has 0 bridgehead atoms. The largest absolute Gasteiger partial charge is 0.482 e. The first-order valence-electron chi connectivity index (χ1n) is 8.36. The summed E-state index contributed by atoms with van der Waals surface area (Å²) < 4.78 is 5.40. The third-order valence-electron chi connectivity index (χ3n) is 4.48. The van der Waals surface area contributed by atoms with Gasteiger partial charge in [-0.25, -0.2) is 0 Å². The summed E-state index contributed by atoms with van der Waals surface area (Å²) in [7, 11) is 0. The van der Waals surface area contributed by atoms with Crippen molar-refractivity contribution in [2.24, 2.45) is 0 Å². The summed E-state index contributed by atoms with van der Waals surface area (Å²) in [6.45, 7) is 4.56. The lowest BCUT2D eigenvalue weighted by Crippen LogP contribution is -3.10. The lowest BCUT2D eigenvalue weighted by molar-refractivity contribution is -0.886. The number of anilines is 1. The van der Waals surface area contributed by atoms with Crippen molar-refractivity contribution in [2.75, 3.05) is 44.2 Å². The van der Waals surface area contributed by atoms with E-state index in [0.29, 0.717) is 25.3 Å². The molecule has 3 rings (SSSR count). The second kappa shape index (κ2) is 7.46. The average Bonchev–Trinajstić information content (AvgIpc) is 3.07. The third-order valence-corrected chi connectivity index (χ3v) is 4.48. The van der Waals surface area contributed by atoms with Crippen molar-refractivity contribution >= 4 is 17.5 Å². The number of nitrogens with zero attached hydrogens (tertiary/aromatic N) is 1. The van der Waals surface area contributed by atoms with E-state index in [0.717, 1.165) is 12.2 Å². The van der Waals surface area contributed by atoms with Crippen molar-refractivity contribution in [3.8, 4) is 5.75 Å². The van der Waals surface area contributed by atoms with Gasteiger partial charge in [0.15, 0.2) is 6.61 Å². The summed E-state index contributed by atoms with van der Waals surface area (Å²) in [6, 6.07) is 7.43. The van der Waals surface area contributed by atoms with E-state index in [1.807, 2.05) is 24.3 Å². The quantitative estimate of drug-likeness (QED) is 0.750. The van der Waals surface area contributed by atoms with Crippen molar-refractivity contribution in [1.82, 2.24) is 5.32 Å². The van der Waals surface area contributed by atoms with Crippen molar-refractivity contribution in [3.05, 3.63) is 24.3 Å². The van der Waals surface area contributed by atoms with Crippen molar-refractivity contribution in [3.63, 3.8) is 0 Å². The highest BCUT2D eigenvalue weighted by atomic mass is 16.5. The molecule has 1 aromatic rings. The molecule has 2 aliphatic rings. The normalized spacial score (nSPS) is 17.7. The van der Waals surface area contributed by atoms with Crippen molar-refractivity contribution in [1.29, 1.82) is 0 Å². The van der Waals surface area contributed by atoms with Crippen LogP contribution in [0.2, 0.25) is 0 Å². The molecule has 1 aromatic carbocycles. The summed E-state index contributed by atoms with van der Waals surface area (Å²) in [5.74, 6) is 0.600. The lowest BCUT2D eigenvalue weighted by Gasteiger charge is -2.29. The zero-order valence-corrected chi connectivity index (χ0v) is 13.3. The summed E-state index contributed by atoms with van der Waals surface area (Å²) in [5, 5.41) is 2.96. The second-order valence-electron chi connectivity index (χ2n) is 6.11. The minimum absolute atomic E-state index is 0.000342. The molecule has 124 valence electrons. The molecule has 1 fully saturated rings. The monoisotopic (exact) mass is 318 g/mol. The topological polar surface area (TPSA) is 63.1 Å². The fourth-order valence-corrected chi connectivity index (χ4v) is 3.20. The maximum absolute atomic E-state index is 12.0. The van der Waals surface area contributed by atoms with Crippen LogP contribution >= 0.6 is 0 Å². The van der Waals surface area contributed by atoms with Crippen LogP contribution in [0.3, 0.4) is 0 Å². The Bertz CT molecular complexity index is 570. The molecule has 2 amide bonds. The van der Waals surface area contributed by atoms with Crippen molar-refractivity contribution in [2.45, 2.75) is 19.3 Å². The van der Waals surface area contributed by atoms with Gasteiger partial charge in [0.2, 0.25) is 5.91 Å². The molecule has 0 aromatic heterocycles. The number of benzene rings is 1. The van der Waals surface area contributed by atoms with E-state index in [9.17, 15) is 9.59 Å². The molecule has 0 saturated carbocycles. The molecular formula is C17H24N3O3+. The van der Waals surface area contributed by atoms with Gasteiger partial charge in [-0.3, -0.25) is 9.59 Å². The van der Waals surface area contributed by atoms with Crippen LogP contribution in [0.15, 0.2) is 24.3 Å². The Morgan fingerprint density at radius 3 is 2.87 bits per heavy atom. The van der Waals surface area contributed by atoms with Gasteiger partial charge in [0, 0.05) is 25.8 Å². The highest BCUT2D eigenvalue weighted by molar-refractivity contribution is 5.98. The number of hydrogen-bond acceptors (Lipinski definition) is 3. The summed E-state index contributed by atoms with van der Waals surface area (Å²) in [5.41, 5.74) is 0.748. The number of ether oxygens (including phenoxy) is 1. The third kappa shape index (κ3) is 4.01. The van der Waals surface area contributed by atoms with Gasteiger partial charge in [-0.15, -0.1) is 0 Å². The van der Waals surface area contributed by atoms with Gasteiger partial charge in [-0.2, -0.15) is 0 Å². The molecule has 0 atom stereocenters. The van der Waals surface area contributed by atoms with E-state index in [-0.39, 0.29) is 18.4 Å². The Labute approximate surface area is 136 Å². The number of quaternary nitrogens is 1. The zero-order valence-electron chi connectivity index (χ0n) is 13.3. The second-order valence-corrected chi connectivity index (χ2v) is 6.11. The van der Waals surface area contributed by atoms with Gasteiger partial charge >= 0.3 is 0 Å². The van der Waals surface area contributed by atoms with Crippen molar-refractivity contribution < 1.29 is 19.2 Å². The number of hydrogen-bond donors (Lipinski definition) is 2. The lowest BCUT2D eigenvalue weighted by atomic mass is 10.2. The van der Waals surface area contributed by atoms with Crippen LogP contribution in [-0.2, 0) is 9.59 Å². The van der Waals surface area contributed by atoms with E-state index < -0.39 is 0 Å². The van der Waals surface area contributed by atoms with Crippen LogP contribution in [0.25, 0.3) is 0 Å². The Balaban J connectivity index is 1.45. The van der Waals surface area contributed by atoms with Crippen LogP contribution < -0.4 is 19.9 Å². The molecule has 1 saturated heterocycles. The van der Waals surface area contributed by atoms with Crippen LogP contribution in [0, 0.1) is 0 Å². The fraction of sp³-hybridized carbons (Fsp3) is 0.529. The van der Waals surface area contributed by atoms with E-state index in [1.165, 1.54) is 25.9 Å². The summed E-state index contributed by atoms with van der Waals surface area (Å²) in [4.78, 5) is 27.2. The standard InChI is InChI=1S/C17H23N3O3/c21-16(18-8-12-19-9-3-4-10-19)7-11-20-14-5-1-2-6-15(14)23-13-17(20)22/h1-2,5-6H,3-4,7-13H2,(H,18,21)/p+1. The first-order valence-corrected chi connectivity index (χ1v) is 8.36. The molecule has 23 heavy (non-hydrogen) atoms. The molecule has 6 nitrogen and oxygen atoms in total. The minimum Gasteiger partial charge on any atom is -0.482 e. The number of para-hydroxylation sites is 2. The molecule has 0 radical (unpaired) electrons. The average molecular weight is 318 g/mol. The highest BCUT2D eigenvalue weighted by Crippen LogP contribution is 2.31. The molecule has 6 heteroatoms. The highest BCUT2D eigenvalue weighted by Gasteiger charge is 2.25. The van der Waals surface area contributed by atoms with Gasteiger partial charge < -0.3 is 19.9 Å². The van der Waals surface area contributed by atoms with Crippen LogP contribution in [0.4, 0.5) is 5.69 Å². The molecule has 0 unspecified atom stereocenters. The smallest absolute Gasteiger partial charge is 0.265 e. The maximum Gasteiger partial charge on any atom is 0.265 e. The predicted molar refractivity (Wildman–Crippen MR) is 86.7 cm³/mol. The maximum atomic E-state index is 12.0. The van der Waals surface area contributed by atoms with Crippen LogP contribution in [-0.4, -0.2) is 51.1 Å². The number of carbonyl (C=O) groups is 2. The summed E-state index contributed by atoms with van der Waals surface area (Å²) in [6.07, 6.45) is 2.90. The minimum atomic E-state index is -0.0991. The summed E-state index contributed by atoms with van der Waals surface area (Å²) >= 11 is 0. The molecule has 0 spiro atoms. The van der Waals surface area contributed by atoms with E-state index >= 15 is 0 Å². The SMILES string of the molecule is O=C(CCN1C(=O)COc2ccccc21)NCC[NH+]1CCCC1. The van der Waals surface area contributed by atoms with Gasteiger partial charge in [0.05, 0.1) is 31.9 Å². The number of likely N-dealkylation sites (tertiary alicyclic amines) is 1. The number of rotatable bonds is 6. The fourth-order valence-electron chi connectivity index (χ4n) is 3.20. The number of carbonyl (C=O) groups excluding carboxylic acids is 2. The Hall–Kier alpha value is -2.08. The number of fused-ring (bicyclic) bond motifs is 1. The molecule has 2 heterocycles. The van der Waals surface area contributed by atoms with Gasteiger partial charge in [-0.1, -0.05) is 12.1 Å². The number of amides is 2. The van der Waals surface area contributed by atoms with Crippen LogP contribution in [0.5, 0.6) is 5.75 Å². The van der Waals surface area contributed by atoms with E-state index in [1.54, 1.807) is 9.80 Å². The van der Waals surface area contributed by atoms with E-state index in [4.69, 9.17) is 4.74 Å². The van der Waals surface area contributed by atoms with Gasteiger partial charge in [0.25, 0.3) is 5.91 Å². The Kier molecular flexibility index (Phi) is 5.12. The Morgan fingerprint density at radius 2 is 2.04 bits per heavy atom.